The number of nitrogens with one attached hydrogen (secondary N) is 1. The van der Waals surface area contributed by atoms with Crippen molar-refractivity contribution in [3.63, 3.8) is 0 Å². The average molecular weight is 212 g/mol. The molecule has 0 aromatic heterocycles. The van der Waals surface area contributed by atoms with Crippen LogP contribution in [0.5, 0.6) is 0 Å². The minimum atomic E-state index is 0.0991. The zero-order valence-electron chi connectivity index (χ0n) is 9.80. The van der Waals surface area contributed by atoms with E-state index in [1.165, 1.54) is 0 Å². The van der Waals surface area contributed by atoms with Crippen molar-refractivity contribution >= 4 is 0 Å². The summed E-state index contributed by atoms with van der Waals surface area (Å²) in [5.41, 5.74) is 5.99. The Hall–Kier alpha value is -0.380. The summed E-state index contributed by atoms with van der Waals surface area (Å²) in [6, 6.07) is 0. The molecule has 0 aromatic carbocycles. The molecule has 0 radical (unpaired) electrons. The van der Waals surface area contributed by atoms with E-state index in [1.807, 2.05) is 6.08 Å². The molecule has 0 bridgehead atoms. The Morgan fingerprint density at radius 3 is 3.07 bits per heavy atom. The maximum atomic E-state index is 5.89. The normalized spacial score (nSPS) is 31.5. The second-order valence-corrected chi connectivity index (χ2v) is 4.34. The summed E-state index contributed by atoms with van der Waals surface area (Å²) in [6.07, 6.45) is 6.45. The third-order valence-corrected chi connectivity index (χ3v) is 3.25. The van der Waals surface area contributed by atoms with Crippen LogP contribution >= 0.6 is 0 Å². The van der Waals surface area contributed by atoms with E-state index in [-0.39, 0.29) is 5.54 Å². The summed E-state index contributed by atoms with van der Waals surface area (Å²) < 4.78 is 5.67. The predicted molar refractivity (Wildman–Crippen MR) is 63.9 cm³/mol. The van der Waals surface area contributed by atoms with E-state index in [0.29, 0.717) is 12.6 Å². The maximum absolute atomic E-state index is 5.89. The van der Waals surface area contributed by atoms with Crippen molar-refractivity contribution < 1.29 is 4.74 Å². The average Bonchev–Trinajstić information content (AvgIpc) is 2.30. The van der Waals surface area contributed by atoms with Gasteiger partial charge in [-0.05, 0) is 32.2 Å². The second kappa shape index (κ2) is 6.26. The predicted octanol–water partition coefficient (Wildman–Crippen LogP) is 1.44. The lowest BCUT2D eigenvalue weighted by Gasteiger charge is -2.41. The van der Waals surface area contributed by atoms with Gasteiger partial charge in [0, 0.05) is 18.7 Å². The van der Waals surface area contributed by atoms with Crippen LogP contribution in [0.3, 0.4) is 0 Å². The number of nitrogens with two attached hydrogens (primary N) is 1. The van der Waals surface area contributed by atoms with Gasteiger partial charge in [0.1, 0.15) is 0 Å². The van der Waals surface area contributed by atoms with Gasteiger partial charge in [-0.25, -0.2) is 0 Å². The molecule has 3 heteroatoms. The molecule has 0 aliphatic carbocycles. The van der Waals surface area contributed by atoms with Gasteiger partial charge < -0.3 is 15.8 Å². The molecule has 2 atom stereocenters. The third-order valence-electron chi connectivity index (χ3n) is 3.25. The van der Waals surface area contributed by atoms with Crippen molar-refractivity contribution in [1.82, 2.24) is 5.32 Å². The van der Waals surface area contributed by atoms with E-state index >= 15 is 0 Å². The SMILES string of the molecule is C=CCCNC1(CN)CCOC(CC)C1. The molecule has 1 fully saturated rings. The van der Waals surface area contributed by atoms with Crippen LogP contribution in [0.2, 0.25) is 0 Å². The van der Waals surface area contributed by atoms with Crippen LogP contribution in [-0.4, -0.2) is 31.3 Å². The largest absolute Gasteiger partial charge is 0.378 e. The van der Waals surface area contributed by atoms with Crippen molar-refractivity contribution in [2.75, 3.05) is 19.7 Å². The number of hydrogen-bond donors (Lipinski definition) is 2. The van der Waals surface area contributed by atoms with E-state index in [2.05, 4.69) is 18.8 Å². The van der Waals surface area contributed by atoms with Crippen molar-refractivity contribution in [2.24, 2.45) is 5.73 Å². The molecule has 1 rings (SSSR count). The molecule has 88 valence electrons. The van der Waals surface area contributed by atoms with E-state index in [9.17, 15) is 0 Å². The molecule has 1 saturated heterocycles. The Balaban J connectivity index is 2.46. The van der Waals surface area contributed by atoms with Gasteiger partial charge in [0.2, 0.25) is 0 Å². The van der Waals surface area contributed by atoms with Gasteiger partial charge in [-0.3, -0.25) is 0 Å². The Morgan fingerprint density at radius 1 is 1.67 bits per heavy atom. The smallest absolute Gasteiger partial charge is 0.0590 e. The molecule has 1 aliphatic heterocycles. The van der Waals surface area contributed by atoms with Crippen LogP contribution in [0.1, 0.15) is 32.6 Å². The van der Waals surface area contributed by atoms with Crippen molar-refractivity contribution in [2.45, 2.75) is 44.2 Å². The molecule has 1 heterocycles. The van der Waals surface area contributed by atoms with Crippen LogP contribution in [0.4, 0.5) is 0 Å². The summed E-state index contributed by atoms with van der Waals surface area (Å²) in [5, 5.41) is 3.57. The third kappa shape index (κ3) is 3.59. The van der Waals surface area contributed by atoms with Crippen LogP contribution in [0, 0.1) is 0 Å². The second-order valence-electron chi connectivity index (χ2n) is 4.34. The first-order chi connectivity index (χ1) is 7.26. The highest BCUT2D eigenvalue weighted by atomic mass is 16.5. The van der Waals surface area contributed by atoms with Gasteiger partial charge in [-0.2, -0.15) is 0 Å². The monoisotopic (exact) mass is 212 g/mol. The minimum absolute atomic E-state index is 0.0991. The number of rotatable bonds is 6. The molecule has 0 amide bonds. The fourth-order valence-electron chi connectivity index (χ4n) is 2.14. The van der Waals surface area contributed by atoms with Gasteiger partial charge in [0.15, 0.2) is 0 Å². The van der Waals surface area contributed by atoms with Crippen LogP contribution in [0.15, 0.2) is 12.7 Å². The molecular weight excluding hydrogens is 188 g/mol. The molecule has 2 unspecified atom stereocenters. The molecule has 3 nitrogen and oxygen atoms in total. The topological polar surface area (TPSA) is 47.3 Å². The van der Waals surface area contributed by atoms with Crippen LogP contribution in [0.25, 0.3) is 0 Å². The number of ether oxygens (including phenoxy) is 1. The van der Waals surface area contributed by atoms with Gasteiger partial charge in [-0.1, -0.05) is 13.0 Å². The lowest BCUT2D eigenvalue weighted by molar-refractivity contribution is -0.0277. The first-order valence-electron chi connectivity index (χ1n) is 5.94. The molecular formula is C12H24N2O. The molecule has 0 saturated carbocycles. The highest BCUT2D eigenvalue weighted by Gasteiger charge is 2.34. The first-order valence-corrected chi connectivity index (χ1v) is 5.94. The lowest BCUT2D eigenvalue weighted by atomic mass is 9.85. The van der Waals surface area contributed by atoms with Gasteiger partial charge in [-0.15, -0.1) is 6.58 Å². The molecule has 1 aliphatic rings. The minimum Gasteiger partial charge on any atom is -0.378 e. The van der Waals surface area contributed by atoms with Gasteiger partial charge in [0.05, 0.1) is 6.10 Å². The summed E-state index contributed by atoms with van der Waals surface area (Å²) in [6.45, 7) is 8.39. The van der Waals surface area contributed by atoms with Crippen LogP contribution < -0.4 is 11.1 Å². The van der Waals surface area contributed by atoms with Gasteiger partial charge in [0.25, 0.3) is 0 Å². The molecule has 15 heavy (non-hydrogen) atoms. The van der Waals surface area contributed by atoms with Crippen molar-refractivity contribution in [3.05, 3.63) is 12.7 Å². The fraction of sp³-hybridized carbons (Fsp3) is 0.833. The fourth-order valence-corrected chi connectivity index (χ4v) is 2.14. The Bertz CT molecular complexity index is 196. The van der Waals surface area contributed by atoms with E-state index in [0.717, 1.165) is 38.8 Å². The number of hydrogen-bond acceptors (Lipinski definition) is 3. The van der Waals surface area contributed by atoms with Crippen LogP contribution in [-0.2, 0) is 4.74 Å². The van der Waals surface area contributed by atoms with E-state index < -0.39 is 0 Å². The quantitative estimate of drug-likeness (QED) is 0.517. The molecule has 0 aromatic rings. The maximum Gasteiger partial charge on any atom is 0.0590 e. The lowest BCUT2D eigenvalue weighted by Crippen LogP contribution is -2.56. The standard InChI is InChI=1S/C12H24N2O/c1-3-5-7-14-12(10-13)6-8-15-11(4-2)9-12/h3,11,14H,1,4-10,13H2,2H3. The first kappa shape index (κ1) is 12.7. The Morgan fingerprint density at radius 2 is 2.47 bits per heavy atom. The highest BCUT2D eigenvalue weighted by Crippen LogP contribution is 2.25. The van der Waals surface area contributed by atoms with E-state index in [4.69, 9.17) is 10.5 Å². The van der Waals surface area contributed by atoms with Gasteiger partial charge >= 0.3 is 0 Å². The molecule has 0 spiro atoms. The summed E-state index contributed by atoms with van der Waals surface area (Å²) in [4.78, 5) is 0. The zero-order chi connectivity index (χ0) is 11.1. The van der Waals surface area contributed by atoms with Crippen molar-refractivity contribution in [3.8, 4) is 0 Å². The summed E-state index contributed by atoms with van der Waals surface area (Å²) in [7, 11) is 0. The van der Waals surface area contributed by atoms with Crippen molar-refractivity contribution in [1.29, 1.82) is 0 Å². The Labute approximate surface area is 93.1 Å². The summed E-state index contributed by atoms with van der Waals surface area (Å²) >= 11 is 0. The summed E-state index contributed by atoms with van der Waals surface area (Å²) in [5.74, 6) is 0. The van der Waals surface area contributed by atoms with E-state index in [1.54, 1.807) is 0 Å². The Kier molecular flexibility index (Phi) is 5.29. The zero-order valence-corrected chi connectivity index (χ0v) is 9.80. The highest BCUT2D eigenvalue weighted by molar-refractivity contribution is 4.94. The molecule has 3 N–H and O–H groups in total.